The number of ether oxygens (including phenoxy) is 4. The smallest absolute Gasteiger partial charge is 0.255 e. The lowest BCUT2D eigenvalue weighted by Crippen LogP contribution is -2.40. The summed E-state index contributed by atoms with van der Waals surface area (Å²) in [5, 5.41) is 4.04. The van der Waals surface area contributed by atoms with Gasteiger partial charge in [0.15, 0.2) is 23.0 Å². The number of methoxy groups -OCH3 is 3. The first-order valence-electron chi connectivity index (χ1n) is 13.8. The lowest BCUT2D eigenvalue weighted by molar-refractivity contribution is -0.121. The highest BCUT2D eigenvalue weighted by molar-refractivity contribution is 7.89. The van der Waals surface area contributed by atoms with Crippen molar-refractivity contribution in [3.05, 3.63) is 114 Å². The molecule has 0 saturated heterocycles. The maximum atomic E-state index is 13.7. The zero-order valence-corrected chi connectivity index (χ0v) is 25.6. The third-order valence-corrected chi connectivity index (χ3v) is 8.47. The van der Waals surface area contributed by atoms with Gasteiger partial charge in [-0.3, -0.25) is 4.79 Å². The molecule has 0 radical (unpaired) electrons. The fourth-order valence-corrected chi connectivity index (χ4v) is 5.72. The quantitative estimate of drug-likeness (QED) is 0.152. The first kappa shape index (κ1) is 32.1. The molecule has 230 valence electrons. The number of amides is 1. The van der Waals surface area contributed by atoms with Gasteiger partial charge in [-0.15, -0.1) is 0 Å². The molecule has 0 bridgehead atoms. The third kappa shape index (κ3) is 8.59. The molecule has 0 saturated carbocycles. The summed E-state index contributed by atoms with van der Waals surface area (Å²) in [6, 6.07) is 28.8. The van der Waals surface area contributed by atoms with Gasteiger partial charge in [-0.2, -0.15) is 9.41 Å². The van der Waals surface area contributed by atoms with Gasteiger partial charge < -0.3 is 18.9 Å². The summed E-state index contributed by atoms with van der Waals surface area (Å²) >= 11 is 0. The van der Waals surface area contributed by atoms with E-state index in [1.165, 1.54) is 45.7 Å². The van der Waals surface area contributed by atoms with Crippen molar-refractivity contribution in [2.75, 3.05) is 34.4 Å². The van der Waals surface area contributed by atoms with Crippen LogP contribution in [0.15, 0.2) is 107 Å². The van der Waals surface area contributed by atoms with Gasteiger partial charge in [0.1, 0.15) is 6.61 Å². The third-order valence-electron chi connectivity index (χ3n) is 6.63. The van der Waals surface area contributed by atoms with Crippen LogP contribution in [-0.2, 0) is 27.8 Å². The van der Waals surface area contributed by atoms with Crippen LogP contribution >= 0.6 is 0 Å². The molecule has 4 aromatic carbocycles. The van der Waals surface area contributed by atoms with Crippen molar-refractivity contribution < 1.29 is 32.2 Å². The lowest BCUT2D eigenvalue weighted by Gasteiger charge is -2.22. The molecule has 0 unspecified atom stereocenters. The molecular formula is C33H35N3O7S. The number of carbonyl (C=O) groups is 1. The van der Waals surface area contributed by atoms with Crippen LogP contribution in [0.4, 0.5) is 0 Å². The van der Waals surface area contributed by atoms with Gasteiger partial charge in [0, 0.05) is 12.6 Å². The van der Waals surface area contributed by atoms with E-state index in [1.54, 1.807) is 18.2 Å². The van der Waals surface area contributed by atoms with Crippen LogP contribution in [0.1, 0.15) is 16.7 Å². The van der Waals surface area contributed by atoms with Crippen LogP contribution in [0.25, 0.3) is 0 Å². The Morgan fingerprint density at radius 2 is 1.39 bits per heavy atom. The molecular weight excluding hydrogens is 582 g/mol. The predicted molar refractivity (Wildman–Crippen MR) is 168 cm³/mol. The monoisotopic (exact) mass is 617 g/mol. The zero-order valence-electron chi connectivity index (χ0n) is 24.8. The maximum Gasteiger partial charge on any atom is 0.255 e. The number of benzene rings is 4. The second-order valence-electron chi connectivity index (χ2n) is 9.57. The molecule has 0 aliphatic heterocycles. The Bertz CT molecular complexity index is 1660. The predicted octanol–water partition coefficient (Wildman–Crippen LogP) is 4.68. The number of hydrogen-bond donors (Lipinski definition) is 1. The minimum absolute atomic E-state index is 0.0267. The SMILES string of the molecule is COc1ccc(S(=O)(=O)N(CCc2ccccc2)CC(=O)N/N=C\c2ccc(OCc3ccccc3)c(OC)c2)cc1OC. The Kier molecular flexibility index (Phi) is 11.3. The first-order valence-corrected chi connectivity index (χ1v) is 15.2. The minimum Gasteiger partial charge on any atom is -0.493 e. The fourth-order valence-electron chi connectivity index (χ4n) is 4.30. The lowest BCUT2D eigenvalue weighted by atomic mass is 10.1. The maximum absolute atomic E-state index is 13.7. The molecule has 0 heterocycles. The standard InChI is InChI=1S/C33H35N3O7S/c1-40-29-17-15-28(21-32(29)42-3)44(38,39)36(19-18-25-10-6-4-7-11-25)23-33(37)35-34-22-27-14-16-30(31(20-27)41-2)43-24-26-12-8-5-9-13-26/h4-17,20-22H,18-19,23-24H2,1-3H3,(H,35,37)/b34-22-. The molecule has 0 aromatic heterocycles. The van der Waals surface area contributed by atoms with Crippen molar-refractivity contribution >= 4 is 22.1 Å². The second kappa shape index (κ2) is 15.6. The molecule has 4 aromatic rings. The summed E-state index contributed by atoms with van der Waals surface area (Å²) < 4.78 is 50.4. The van der Waals surface area contributed by atoms with Crippen molar-refractivity contribution in [2.24, 2.45) is 5.10 Å². The molecule has 1 N–H and O–H groups in total. The Labute approximate surface area is 257 Å². The highest BCUT2D eigenvalue weighted by Crippen LogP contribution is 2.31. The van der Waals surface area contributed by atoms with Crippen LogP contribution in [0.3, 0.4) is 0 Å². The van der Waals surface area contributed by atoms with E-state index in [0.29, 0.717) is 35.8 Å². The van der Waals surface area contributed by atoms with E-state index in [1.807, 2.05) is 60.7 Å². The zero-order chi connectivity index (χ0) is 31.4. The van der Waals surface area contributed by atoms with Crippen LogP contribution in [0.5, 0.6) is 23.0 Å². The molecule has 0 atom stereocenters. The van der Waals surface area contributed by atoms with Gasteiger partial charge in [0.05, 0.1) is 39.0 Å². The molecule has 11 heteroatoms. The average Bonchev–Trinajstić information content (AvgIpc) is 3.06. The summed E-state index contributed by atoms with van der Waals surface area (Å²) in [5.41, 5.74) is 5.03. The van der Waals surface area contributed by atoms with Crippen molar-refractivity contribution in [1.82, 2.24) is 9.73 Å². The van der Waals surface area contributed by atoms with Crippen LogP contribution < -0.4 is 24.4 Å². The van der Waals surface area contributed by atoms with Crippen LogP contribution in [-0.4, -0.2) is 59.3 Å². The molecule has 0 spiro atoms. The van der Waals surface area contributed by atoms with Crippen molar-refractivity contribution in [1.29, 1.82) is 0 Å². The number of hydrazone groups is 1. The average molecular weight is 618 g/mol. The number of sulfonamides is 1. The topological polar surface area (TPSA) is 116 Å². The molecule has 44 heavy (non-hydrogen) atoms. The Hall–Kier alpha value is -4.87. The van der Waals surface area contributed by atoms with Crippen LogP contribution in [0.2, 0.25) is 0 Å². The van der Waals surface area contributed by atoms with E-state index in [2.05, 4.69) is 10.5 Å². The van der Waals surface area contributed by atoms with E-state index in [4.69, 9.17) is 18.9 Å². The summed E-state index contributed by atoms with van der Waals surface area (Å²) in [4.78, 5) is 12.9. The fraction of sp³-hybridized carbons (Fsp3) is 0.212. The van der Waals surface area contributed by atoms with Gasteiger partial charge in [-0.25, -0.2) is 13.8 Å². The van der Waals surface area contributed by atoms with Gasteiger partial charge in [0.25, 0.3) is 5.91 Å². The first-order chi connectivity index (χ1) is 21.3. The van der Waals surface area contributed by atoms with E-state index >= 15 is 0 Å². The number of nitrogens with zero attached hydrogens (tertiary/aromatic N) is 2. The summed E-state index contributed by atoms with van der Waals surface area (Å²) in [7, 11) is 0.342. The molecule has 0 aliphatic rings. The van der Waals surface area contributed by atoms with Crippen molar-refractivity contribution in [3.63, 3.8) is 0 Å². The number of hydrogen-bond acceptors (Lipinski definition) is 8. The Balaban J connectivity index is 1.45. The van der Waals surface area contributed by atoms with Crippen molar-refractivity contribution in [2.45, 2.75) is 17.9 Å². The highest BCUT2D eigenvalue weighted by Gasteiger charge is 2.27. The van der Waals surface area contributed by atoms with Gasteiger partial charge >= 0.3 is 0 Å². The van der Waals surface area contributed by atoms with E-state index in [-0.39, 0.29) is 17.2 Å². The number of nitrogens with one attached hydrogen (secondary N) is 1. The molecule has 10 nitrogen and oxygen atoms in total. The normalized spacial score (nSPS) is 11.4. The largest absolute Gasteiger partial charge is 0.493 e. The van der Waals surface area contributed by atoms with Crippen molar-refractivity contribution in [3.8, 4) is 23.0 Å². The van der Waals surface area contributed by atoms with Gasteiger partial charge in [0.2, 0.25) is 10.0 Å². The van der Waals surface area contributed by atoms with Crippen LogP contribution in [0, 0.1) is 0 Å². The molecule has 0 fully saturated rings. The van der Waals surface area contributed by atoms with E-state index in [9.17, 15) is 13.2 Å². The minimum atomic E-state index is -4.09. The molecule has 0 aliphatic carbocycles. The molecule has 4 rings (SSSR count). The Morgan fingerprint density at radius 1 is 0.773 bits per heavy atom. The number of carbonyl (C=O) groups excluding carboxylic acids is 1. The second-order valence-corrected chi connectivity index (χ2v) is 11.5. The summed E-state index contributed by atoms with van der Waals surface area (Å²) in [6.07, 6.45) is 1.85. The van der Waals surface area contributed by atoms with Gasteiger partial charge in [-0.05, 0) is 53.4 Å². The molecule has 1 amide bonds. The Morgan fingerprint density at radius 3 is 2.05 bits per heavy atom. The summed E-state index contributed by atoms with van der Waals surface area (Å²) in [6.45, 7) is 0.00356. The number of rotatable bonds is 15. The van der Waals surface area contributed by atoms with E-state index < -0.39 is 22.5 Å². The van der Waals surface area contributed by atoms with Gasteiger partial charge in [-0.1, -0.05) is 60.7 Å². The highest BCUT2D eigenvalue weighted by atomic mass is 32.2. The van der Waals surface area contributed by atoms with E-state index in [0.717, 1.165) is 15.4 Å². The summed E-state index contributed by atoms with van der Waals surface area (Å²) in [5.74, 6) is 1.11.